The second-order valence-electron chi connectivity index (χ2n) is 6.41. The molecule has 9 heteroatoms. The van der Waals surface area contributed by atoms with E-state index in [-0.39, 0.29) is 17.6 Å². The molecule has 1 aliphatic rings. The van der Waals surface area contributed by atoms with Crippen LogP contribution in [0.5, 0.6) is 0 Å². The molecule has 1 aliphatic heterocycles. The highest BCUT2D eigenvalue weighted by Crippen LogP contribution is 2.16. The van der Waals surface area contributed by atoms with Gasteiger partial charge in [-0.15, -0.1) is 15.0 Å². The van der Waals surface area contributed by atoms with Gasteiger partial charge in [0.1, 0.15) is 0 Å². The monoisotopic (exact) mass is 396 g/mol. The molecule has 0 radical (unpaired) electrons. The maximum Gasteiger partial charge on any atom is 0.295 e. The van der Waals surface area contributed by atoms with Crippen molar-refractivity contribution in [1.29, 1.82) is 0 Å². The Morgan fingerprint density at radius 1 is 1.04 bits per heavy atom. The van der Waals surface area contributed by atoms with E-state index in [2.05, 4.69) is 20.7 Å². The molecular formula is C19H17ClN6O2. The van der Waals surface area contributed by atoms with Crippen LogP contribution in [0.4, 0.5) is 5.69 Å². The second-order valence-corrected chi connectivity index (χ2v) is 6.85. The first-order valence-electron chi connectivity index (χ1n) is 8.87. The number of hydrogen-bond acceptors (Lipinski definition) is 5. The van der Waals surface area contributed by atoms with Gasteiger partial charge >= 0.3 is 0 Å². The van der Waals surface area contributed by atoms with E-state index in [1.165, 1.54) is 4.80 Å². The predicted molar refractivity (Wildman–Crippen MR) is 104 cm³/mol. The van der Waals surface area contributed by atoms with Gasteiger partial charge in [0.05, 0.1) is 5.69 Å². The highest BCUT2D eigenvalue weighted by Gasteiger charge is 2.23. The molecule has 1 aromatic heterocycles. The van der Waals surface area contributed by atoms with Crippen LogP contribution in [0.25, 0.3) is 5.69 Å². The van der Waals surface area contributed by atoms with Crippen LogP contribution in [0.15, 0.2) is 48.5 Å². The fraction of sp³-hybridized carbons (Fsp3) is 0.211. The summed E-state index contributed by atoms with van der Waals surface area (Å²) in [5.74, 6) is -0.373. The number of nitrogens with zero attached hydrogens (tertiary/aromatic N) is 5. The topological polar surface area (TPSA) is 93.0 Å². The Balaban J connectivity index is 1.45. The number of carbonyl (C=O) groups excluding carboxylic acids is 2. The van der Waals surface area contributed by atoms with E-state index in [1.54, 1.807) is 53.4 Å². The standard InChI is InChI=1S/C19H17ClN6O2/c20-14-5-3-4-13(12-14)18(27)21-15-6-8-16(9-7-15)26-23-17(22-24-26)19(28)25-10-1-2-11-25/h3-9,12H,1-2,10-11H2,(H,21,27). The SMILES string of the molecule is O=C(Nc1ccc(-n2nnc(C(=O)N3CCCC3)n2)cc1)c1cccc(Cl)c1. The molecule has 28 heavy (non-hydrogen) atoms. The van der Waals surface area contributed by atoms with Crippen molar-refractivity contribution in [3.63, 3.8) is 0 Å². The number of amides is 2. The average Bonchev–Trinajstić information content (AvgIpc) is 3.40. The zero-order chi connectivity index (χ0) is 19.5. The van der Waals surface area contributed by atoms with Crippen molar-refractivity contribution >= 4 is 29.1 Å². The van der Waals surface area contributed by atoms with Crippen LogP contribution < -0.4 is 5.32 Å². The minimum Gasteiger partial charge on any atom is -0.336 e. The van der Waals surface area contributed by atoms with Gasteiger partial charge in [-0.1, -0.05) is 17.7 Å². The number of aromatic nitrogens is 4. The Kier molecular flexibility index (Phi) is 5.03. The van der Waals surface area contributed by atoms with Crippen molar-refractivity contribution in [3.05, 3.63) is 64.9 Å². The lowest BCUT2D eigenvalue weighted by atomic mass is 10.2. The summed E-state index contributed by atoms with van der Waals surface area (Å²) in [6.07, 6.45) is 2.00. The number of hydrogen-bond donors (Lipinski definition) is 1. The zero-order valence-electron chi connectivity index (χ0n) is 14.9. The van der Waals surface area contributed by atoms with Gasteiger partial charge in [0.2, 0.25) is 0 Å². The molecule has 2 aromatic carbocycles. The lowest BCUT2D eigenvalue weighted by Crippen LogP contribution is -2.28. The van der Waals surface area contributed by atoms with Crippen LogP contribution in [0.2, 0.25) is 5.02 Å². The third-order valence-corrected chi connectivity index (χ3v) is 4.68. The van der Waals surface area contributed by atoms with E-state index >= 15 is 0 Å². The lowest BCUT2D eigenvalue weighted by molar-refractivity contribution is 0.0780. The largest absolute Gasteiger partial charge is 0.336 e. The molecule has 0 saturated carbocycles. The summed E-state index contributed by atoms with van der Waals surface area (Å²) in [5.41, 5.74) is 1.72. The molecule has 2 amide bonds. The smallest absolute Gasteiger partial charge is 0.295 e. The molecule has 1 saturated heterocycles. The van der Waals surface area contributed by atoms with Crippen LogP contribution in [-0.2, 0) is 0 Å². The molecule has 0 atom stereocenters. The fourth-order valence-corrected chi connectivity index (χ4v) is 3.17. The molecule has 0 spiro atoms. The van der Waals surface area contributed by atoms with Gasteiger partial charge in [0, 0.05) is 29.4 Å². The number of benzene rings is 2. The van der Waals surface area contributed by atoms with E-state index < -0.39 is 0 Å². The minimum atomic E-state index is -0.257. The van der Waals surface area contributed by atoms with Gasteiger partial charge in [-0.05, 0) is 60.5 Å². The predicted octanol–water partition coefficient (Wildman–Crippen LogP) is 2.80. The van der Waals surface area contributed by atoms with Gasteiger partial charge in [-0.3, -0.25) is 9.59 Å². The van der Waals surface area contributed by atoms with E-state index in [9.17, 15) is 9.59 Å². The summed E-state index contributed by atoms with van der Waals surface area (Å²) < 4.78 is 0. The Labute approximate surface area is 166 Å². The van der Waals surface area contributed by atoms with Crippen molar-refractivity contribution < 1.29 is 9.59 Å². The molecule has 2 heterocycles. The number of nitrogens with one attached hydrogen (secondary N) is 1. The van der Waals surface area contributed by atoms with Crippen LogP contribution >= 0.6 is 11.6 Å². The molecule has 1 N–H and O–H groups in total. The molecule has 8 nitrogen and oxygen atoms in total. The van der Waals surface area contributed by atoms with Crippen LogP contribution in [0, 0.1) is 0 Å². The molecule has 142 valence electrons. The normalized spacial score (nSPS) is 13.5. The number of anilines is 1. The minimum absolute atomic E-state index is 0.0836. The molecule has 0 bridgehead atoms. The summed E-state index contributed by atoms with van der Waals surface area (Å²) in [6, 6.07) is 13.6. The van der Waals surface area contributed by atoms with Gasteiger partial charge in [-0.2, -0.15) is 0 Å². The summed E-state index contributed by atoms with van der Waals surface area (Å²) in [6.45, 7) is 1.46. The first-order chi connectivity index (χ1) is 13.6. The maximum atomic E-state index is 12.3. The van der Waals surface area contributed by atoms with E-state index in [0.717, 1.165) is 25.9 Å². The van der Waals surface area contributed by atoms with E-state index in [1.807, 2.05) is 0 Å². The molecule has 4 rings (SSSR count). The first-order valence-corrected chi connectivity index (χ1v) is 9.24. The van der Waals surface area contributed by atoms with Crippen LogP contribution in [-0.4, -0.2) is 50.0 Å². The van der Waals surface area contributed by atoms with E-state index in [0.29, 0.717) is 22.0 Å². The second kappa shape index (κ2) is 7.77. The summed E-state index contributed by atoms with van der Waals surface area (Å²) >= 11 is 5.92. The van der Waals surface area contributed by atoms with Gasteiger partial charge < -0.3 is 10.2 Å². The quantitative estimate of drug-likeness (QED) is 0.731. The average molecular weight is 397 g/mol. The maximum absolute atomic E-state index is 12.3. The van der Waals surface area contributed by atoms with Crippen LogP contribution in [0.3, 0.4) is 0 Å². The number of likely N-dealkylation sites (tertiary alicyclic amines) is 1. The zero-order valence-corrected chi connectivity index (χ0v) is 15.6. The highest BCUT2D eigenvalue weighted by molar-refractivity contribution is 6.31. The summed E-state index contributed by atoms with van der Waals surface area (Å²) in [7, 11) is 0. The van der Waals surface area contributed by atoms with Crippen molar-refractivity contribution in [2.75, 3.05) is 18.4 Å². The fourth-order valence-electron chi connectivity index (χ4n) is 2.98. The van der Waals surface area contributed by atoms with Crippen molar-refractivity contribution in [2.45, 2.75) is 12.8 Å². The van der Waals surface area contributed by atoms with Crippen molar-refractivity contribution in [3.8, 4) is 5.69 Å². The summed E-state index contributed by atoms with van der Waals surface area (Å²) in [5, 5.41) is 15.3. The van der Waals surface area contributed by atoms with Crippen molar-refractivity contribution in [2.24, 2.45) is 0 Å². The Hall–Kier alpha value is -3.26. The molecular weight excluding hydrogens is 380 g/mol. The van der Waals surface area contributed by atoms with Gasteiger partial charge in [0.15, 0.2) is 0 Å². The summed E-state index contributed by atoms with van der Waals surface area (Å²) in [4.78, 5) is 27.6. The number of carbonyl (C=O) groups is 2. The third kappa shape index (κ3) is 3.86. The Morgan fingerprint density at radius 3 is 2.50 bits per heavy atom. The Bertz CT molecular complexity index is 1010. The van der Waals surface area contributed by atoms with Crippen LogP contribution in [0.1, 0.15) is 33.8 Å². The molecule has 0 aliphatic carbocycles. The van der Waals surface area contributed by atoms with E-state index in [4.69, 9.17) is 11.6 Å². The number of halogens is 1. The molecule has 0 unspecified atom stereocenters. The lowest BCUT2D eigenvalue weighted by Gasteiger charge is -2.11. The van der Waals surface area contributed by atoms with Crippen molar-refractivity contribution in [1.82, 2.24) is 25.1 Å². The Morgan fingerprint density at radius 2 is 1.79 bits per heavy atom. The first kappa shape index (κ1) is 18.1. The number of rotatable bonds is 4. The molecule has 1 fully saturated rings. The van der Waals surface area contributed by atoms with Gasteiger partial charge in [0.25, 0.3) is 17.6 Å². The molecule has 3 aromatic rings. The third-order valence-electron chi connectivity index (χ3n) is 4.44. The number of tetrazole rings is 1. The van der Waals surface area contributed by atoms with Gasteiger partial charge in [-0.25, -0.2) is 0 Å². The highest BCUT2D eigenvalue weighted by atomic mass is 35.5.